The zero-order valence-corrected chi connectivity index (χ0v) is 23.1. The third-order valence-electron chi connectivity index (χ3n) is 5.36. The summed E-state index contributed by atoms with van der Waals surface area (Å²) < 4.78 is 5.41. The second kappa shape index (κ2) is 13.1. The highest BCUT2D eigenvalue weighted by molar-refractivity contribution is 5.93. The van der Waals surface area contributed by atoms with E-state index in [1.54, 1.807) is 45.0 Å². The highest BCUT2D eigenvalue weighted by Gasteiger charge is 2.38. The molecular weight excluding hydrogens is 482 g/mol. The maximum absolute atomic E-state index is 14.1. The van der Waals surface area contributed by atoms with Crippen LogP contribution in [0.15, 0.2) is 54.6 Å². The molecule has 0 spiro atoms. The van der Waals surface area contributed by atoms with Crippen LogP contribution in [0.2, 0.25) is 0 Å². The number of amides is 3. The number of carbonyl (C=O) groups is 3. The fourth-order valence-corrected chi connectivity index (χ4v) is 3.93. The topological polar surface area (TPSA) is 108 Å². The molecule has 0 heterocycles. The molecule has 2 aromatic carbocycles. The van der Waals surface area contributed by atoms with Crippen LogP contribution in [0.5, 0.6) is 0 Å². The van der Waals surface area contributed by atoms with Gasteiger partial charge in [-0.2, -0.15) is 0 Å². The van der Waals surface area contributed by atoms with Crippen LogP contribution in [-0.4, -0.2) is 58.2 Å². The molecule has 3 amide bonds. The van der Waals surface area contributed by atoms with Gasteiger partial charge in [-0.15, -0.1) is 6.42 Å². The molecule has 204 valence electrons. The number of ether oxygens (including phenoxy) is 1. The summed E-state index contributed by atoms with van der Waals surface area (Å²) in [5.41, 5.74) is 0.291. The maximum atomic E-state index is 14.1. The molecule has 0 saturated carbocycles. The van der Waals surface area contributed by atoms with Crippen molar-refractivity contribution in [1.82, 2.24) is 15.5 Å². The summed E-state index contributed by atoms with van der Waals surface area (Å²) in [6.45, 7) is 10.1. The Balaban J connectivity index is 2.59. The molecule has 0 aromatic heterocycles. The van der Waals surface area contributed by atoms with Crippen LogP contribution in [0.4, 0.5) is 4.79 Å². The van der Waals surface area contributed by atoms with Crippen LogP contribution in [0, 0.1) is 12.3 Å². The lowest BCUT2D eigenvalue weighted by Gasteiger charge is -2.36. The maximum Gasteiger partial charge on any atom is 0.408 e. The summed E-state index contributed by atoms with van der Waals surface area (Å²) in [7, 11) is 0. The summed E-state index contributed by atoms with van der Waals surface area (Å²) in [6.07, 6.45) is 5.12. The Morgan fingerprint density at radius 2 is 1.61 bits per heavy atom. The smallest absolute Gasteiger partial charge is 0.408 e. The highest BCUT2D eigenvalue weighted by atomic mass is 16.6. The molecule has 38 heavy (non-hydrogen) atoms. The molecule has 0 aliphatic carbocycles. The second-order valence-corrected chi connectivity index (χ2v) is 11.0. The van der Waals surface area contributed by atoms with Gasteiger partial charge in [0.05, 0.1) is 6.61 Å². The Morgan fingerprint density at radius 1 is 1.00 bits per heavy atom. The van der Waals surface area contributed by atoms with E-state index in [0.717, 1.165) is 5.56 Å². The molecule has 8 heteroatoms. The van der Waals surface area contributed by atoms with Gasteiger partial charge in [-0.25, -0.2) is 4.79 Å². The molecule has 2 unspecified atom stereocenters. The molecule has 0 radical (unpaired) electrons. The predicted octanol–water partition coefficient (Wildman–Crippen LogP) is 3.58. The van der Waals surface area contributed by atoms with Gasteiger partial charge < -0.3 is 25.4 Å². The van der Waals surface area contributed by atoms with Crippen molar-refractivity contribution in [2.24, 2.45) is 0 Å². The van der Waals surface area contributed by atoms with E-state index in [4.69, 9.17) is 11.2 Å². The Hall–Kier alpha value is -3.83. The van der Waals surface area contributed by atoms with Crippen LogP contribution in [0.3, 0.4) is 0 Å². The van der Waals surface area contributed by atoms with E-state index in [0.29, 0.717) is 11.1 Å². The fourth-order valence-electron chi connectivity index (χ4n) is 3.93. The van der Waals surface area contributed by atoms with E-state index in [2.05, 4.69) is 16.6 Å². The molecule has 3 N–H and O–H groups in total. The van der Waals surface area contributed by atoms with E-state index in [1.165, 1.54) is 4.90 Å². The molecule has 0 bridgehead atoms. The Labute approximate surface area is 225 Å². The molecule has 2 atom stereocenters. The van der Waals surface area contributed by atoms with Crippen molar-refractivity contribution in [1.29, 1.82) is 0 Å². The number of terminal acetylenes is 1. The van der Waals surface area contributed by atoms with Gasteiger partial charge in [0, 0.05) is 24.1 Å². The molecule has 8 nitrogen and oxygen atoms in total. The minimum Gasteiger partial charge on any atom is -0.444 e. The van der Waals surface area contributed by atoms with E-state index in [-0.39, 0.29) is 13.0 Å². The van der Waals surface area contributed by atoms with Gasteiger partial charge in [0.15, 0.2) is 0 Å². The molecule has 0 saturated heterocycles. The number of hydrogen-bond donors (Lipinski definition) is 3. The lowest BCUT2D eigenvalue weighted by molar-refractivity contribution is -0.143. The first-order valence-electron chi connectivity index (χ1n) is 12.6. The van der Waals surface area contributed by atoms with Crippen LogP contribution < -0.4 is 10.6 Å². The summed E-state index contributed by atoms with van der Waals surface area (Å²) in [6, 6.07) is 13.8. The van der Waals surface area contributed by atoms with Crippen molar-refractivity contribution in [2.45, 2.75) is 71.2 Å². The number of aliphatic hydroxyl groups is 1. The molecule has 0 aliphatic heterocycles. The Morgan fingerprint density at radius 3 is 2.16 bits per heavy atom. The highest BCUT2D eigenvalue weighted by Crippen LogP contribution is 2.27. The summed E-state index contributed by atoms with van der Waals surface area (Å²) >= 11 is 0. The lowest BCUT2D eigenvalue weighted by Crippen LogP contribution is -2.55. The minimum absolute atomic E-state index is 0.144. The van der Waals surface area contributed by atoms with Crippen LogP contribution >= 0.6 is 0 Å². The number of nitrogens with zero attached hydrogens (tertiary/aromatic N) is 1. The number of benzene rings is 2. The predicted molar refractivity (Wildman–Crippen MR) is 147 cm³/mol. The van der Waals surface area contributed by atoms with Gasteiger partial charge in [-0.1, -0.05) is 54.5 Å². The van der Waals surface area contributed by atoms with Crippen molar-refractivity contribution in [3.63, 3.8) is 0 Å². The van der Waals surface area contributed by atoms with Gasteiger partial charge in [0.2, 0.25) is 11.8 Å². The molecule has 2 rings (SSSR count). The van der Waals surface area contributed by atoms with E-state index in [9.17, 15) is 19.5 Å². The van der Waals surface area contributed by atoms with Crippen LogP contribution in [-0.2, 0) is 20.7 Å². The van der Waals surface area contributed by atoms with Crippen LogP contribution in [0.1, 0.15) is 64.3 Å². The molecule has 2 aromatic rings. The second-order valence-electron chi connectivity index (χ2n) is 11.0. The number of alkyl carbamates (subject to hydrolysis) is 1. The fraction of sp³-hybridized carbons (Fsp3) is 0.433. The summed E-state index contributed by atoms with van der Waals surface area (Å²) in [4.78, 5) is 41.8. The van der Waals surface area contributed by atoms with Gasteiger partial charge in [0.1, 0.15) is 17.7 Å². The number of rotatable bonds is 9. The van der Waals surface area contributed by atoms with Crippen LogP contribution in [0.25, 0.3) is 0 Å². The standard InChI is InChI=1S/C30H39N3O5/c1-8-22-16-12-13-17-23(22)25(26(35)32-29(2,3)4)33(18-19-34)27(36)24(20-21-14-10-9-11-15-21)31-28(37)38-30(5,6)7/h1,9-17,24-25,34H,18-20H2,2-7H3,(H,31,37)(H,32,35). The third-order valence-corrected chi connectivity index (χ3v) is 5.36. The third kappa shape index (κ3) is 9.24. The largest absolute Gasteiger partial charge is 0.444 e. The van der Waals surface area contributed by atoms with Gasteiger partial charge >= 0.3 is 6.09 Å². The number of hydrogen-bond acceptors (Lipinski definition) is 5. The van der Waals surface area contributed by atoms with E-state index < -0.39 is 47.7 Å². The molecular formula is C30H39N3O5. The quantitative estimate of drug-likeness (QED) is 0.437. The minimum atomic E-state index is -1.15. The first kappa shape index (κ1) is 30.4. The molecule has 0 fully saturated rings. The Kier molecular flexibility index (Phi) is 10.5. The number of aliphatic hydroxyl groups excluding tert-OH is 1. The average Bonchev–Trinajstić information content (AvgIpc) is 2.81. The van der Waals surface area contributed by atoms with Crippen molar-refractivity contribution in [3.8, 4) is 12.3 Å². The SMILES string of the molecule is C#Cc1ccccc1C(C(=O)NC(C)(C)C)N(CCO)C(=O)C(Cc1ccccc1)NC(=O)OC(C)(C)C. The van der Waals surface area contributed by atoms with E-state index >= 15 is 0 Å². The lowest BCUT2D eigenvalue weighted by atomic mass is 9.95. The van der Waals surface area contributed by atoms with Gasteiger partial charge in [-0.3, -0.25) is 9.59 Å². The van der Waals surface area contributed by atoms with Gasteiger partial charge in [0.25, 0.3) is 0 Å². The zero-order chi connectivity index (χ0) is 28.5. The first-order chi connectivity index (χ1) is 17.8. The molecule has 0 aliphatic rings. The normalized spacial score (nSPS) is 13.0. The number of nitrogens with one attached hydrogen (secondary N) is 2. The average molecular weight is 522 g/mol. The summed E-state index contributed by atoms with van der Waals surface area (Å²) in [5, 5.41) is 15.6. The zero-order valence-electron chi connectivity index (χ0n) is 23.1. The summed E-state index contributed by atoms with van der Waals surface area (Å²) in [5.74, 6) is 1.57. The van der Waals surface area contributed by atoms with E-state index in [1.807, 2.05) is 51.1 Å². The monoisotopic (exact) mass is 521 g/mol. The van der Waals surface area contributed by atoms with Crippen molar-refractivity contribution < 1.29 is 24.2 Å². The van der Waals surface area contributed by atoms with Gasteiger partial charge in [-0.05, 0) is 58.7 Å². The van der Waals surface area contributed by atoms with Crippen molar-refractivity contribution in [2.75, 3.05) is 13.2 Å². The number of carbonyl (C=O) groups excluding carboxylic acids is 3. The van der Waals surface area contributed by atoms with Crippen molar-refractivity contribution >= 4 is 17.9 Å². The Bertz CT molecular complexity index is 1140. The van der Waals surface area contributed by atoms with Crippen molar-refractivity contribution in [3.05, 3.63) is 71.3 Å². The first-order valence-corrected chi connectivity index (χ1v) is 12.6.